The predicted molar refractivity (Wildman–Crippen MR) is 58.9 cm³/mol. The first-order valence-corrected chi connectivity index (χ1v) is 5.92. The second-order valence-electron chi connectivity index (χ2n) is 5.05. The Morgan fingerprint density at radius 1 is 1.15 bits per heavy atom. The normalized spacial score (nSPS) is 21.2. The molecule has 1 N–H and O–H groups in total. The van der Waals surface area contributed by atoms with Crippen LogP contribution in [0, 0.1) is 11.8 Å². The van der Waals surface area contributed by atoms with E-state index in [4.69, 9.17) is 0 Å². The molecule has 1 heteroatoms. The highest BCUT2D eigenvalue weighted by Crippen LogP contribution is 2.29. The van der Waals surface area contributed by atoms with Crippen LogP contribution in [0.1, 0.15) is 52.9 Å². The summed E-state index contributed by atoms with van der Waals surface area (Å²) in [7, 11) is 0. The number of hydrogen-bond donors (Lipinski definition) is 1. The van der Waals surface area contributed by atoms with E-state index in [0.717, 1.165) is 11.8 Å². The van der Waals surface area contributed by atoms with Crippen LogP contribution in [0.3, 0.4) is 0 Å². The van der Waals surface area contributed by atoms with Gasteiger partial charge < -0.3 is 5.32 Å². The van der Waals surface area contributed by atoms with Crippen molar-refractivity contribution in [3.63, 3.8) is 0 Å². The summed E-state index contributed by atoms with van der Waals surface area (Å²) < 4.78 is 0. The van der Waals surface area contributed by atoms with Gasteiger partial charge >= 0.3 is 0 Å². The Labute approximate surface area is 83.3 Å². The Balaban J connectivity index is 2.05. The molecule has 13 heavy (non-hydrogen) atoms. The highest BCUT2D eigenvalue weighted by Gasteiger charge is 2.17. The molecule has 1 unspecified atom stereocenters. The lowest BCUT2D eigenvalue weighted by atomic mass is 9.94. The van der Waals surface area contributed by atoms with Crippen LogP contribution >= 0.6 is 0 Å². The fraction of sp³-hybridized carbons (Fsp3) is 1.00. The van der Waals surface area contributed by atoms with Gasteiger partial charge in [0.15, 0.2) is 0 Å². The minimum atomic E-state index is 0.644. The van der Waals surface area contributed by atoms with Crippen LogP contribution in [0.15, 0.2) is 0 Å². The first kappa shape index (κ1) is 11.0. The van der Waals surface area contributed by atoms with Crippen LogP contribution in [-0.4, -0.2) is 12.6 Å². The van der Waals surface area contributed by atoms with E-state index in [2.05, 4.69) is 26.1 Å². The molecular formula is C12H25N. The molecule has 0 aliphatic heterocycles. The minimum Gasteiger partial charge on any atom is -0.314 e. The van der Waals surface area contributed by atoms with Gasteiger partial charge in [-0.25, -0.2) is 0 Å². The third-order valence-electron chi connectivity index (χ3n) is 3.09. The summed E-state index contributed by atoms with van der Waals surface area (Å²) >= 11 is 0. The van der Waals surface area contributed by atoms with Gasteiger partial charge in [-0.1, -0.05) is 46.5 Å². The summed E-state index contributed by atoms with van der Waals surface area (Å²) in [5.41, 5.74) is 0. The van der Waals surface area contributed by atoms with E-state index in [1.807, 2.05) is 0 Å². The Hall–Kier alpha value is -0.0400. The molecule has 1 saturated carbocycles. The van der Waals surface area contributed by atoms with Gasteiger partial charge in [-0.05, 0) is 24.8 Å². The van der Waals surface area contributed by atoms with E-state index >= 15 is 0 Å². The molecule has 0 radical (unpaired) electrons. The third kappa shape index (κ3) is 4.66. The average molecular weight is 183 g/mol. The van der Waals surface area contributed by atoms with Gasteiger partial charge in [0.1, 0.15) is 0 Å². The molecular weight excluding hydrogens is 158 g/mol. The molecule has 0 bridgehead atoms. The van der Waals surface area contributed by atoms with Gasteiger partial charge in [0, 0.05) is 6.04 Å². The van der Waals surface area contributed by atoms with Crippen LogP contribution < -0.4 is 5.32 Å². The highest BCUT2D eigenvalue weighted by atomic mass is 14.9. The zero-order chi connectivity index (χ0) is 9.68. The van der Waals surface area contributed by atoms with Crippen molar-refractivity contribution < 1.29 is 0 Å². The molecule has 1 aliphatic carbocycles. The van der Waals surface area contributed by atoms with Gasteiger partial charge in [-0.2, -0.15) is 0 Å². The van der Waals surface area contributed by atoms with Crippen molar-refractivity contribution in [1.82, 2.24) is 5.32 Å². The average Bonchev–Trinajstić information content (AvgIpc) is 2.53. The molecule has 1 aliphatic rings. The molecule has 0 heterocycles. The topological polar surface area (TPSA) is 12.0 Å². The quantitative estimate of drug-likeness (QED) is 0.690. The second kappa shape index (κ2) is 5.64. The van der Waals surface area contributed by atoms with Crippen molar-refractivity contribution in [2.75, 3.05) is 6.54 Å². The zero-order valence-corrected chi connectivity index (χ0v) is 9.47. The van der Waals surface area contributed by atoms with E-state index in [9.17, 15) is 0 Å². The van der Waals surface area contributed by atoms with E-state index in [1.165, 1.54) is 38.6 Å². The molecule has 0 aromatic heterocycles. The summed E-state index contributed by atoms with van der Waals surface area (Å²) in [4.78, 5) is 0. The van der Waals surface area contributed by atoms with E-state index in [-0.39, 0.29) is 0 Å². The number of rotatable bonds is 5. The molecule has 0 saturated heterocycles. The van der Waals surface area contributed by atoms with Crippen molar-refractivity contribution in [2.24, 2.45) is 11.8 Å². The maximum Gasteiger partial charge on any atom is 0.00104 e. The molecule has 78 valence electrons. The summed E-state index contributed by atoms with van der Waals surface area (Å²) in [5.74, 6) is 1.91. The molecule has 1 nitrogen and oxygen atoms in total. The van der Waals surface area contributed by atoms with Crippen LogP contribution in [0.2, 0.25) is 0 Å². The largest absolute Gasteiger partial charge is 0.314 e. The molecule has 0 spiro atoms. The van der Waals surface area contributed by atoms with Crippen LogP contribution in [-0.2, 0) is 0 Å². The Kier molecular flexibility index (Phi) is 4.79. The van der Waals surface area contributed by atoms with Crippen molar-refractivity contribution >= 4 is 0 Å². The van der Waals surface area contributed by atoms with Gasteiger partial charge in [0.2, 0.25) is 0 Å². The van der Waals surface area contributed by atoms with Gasteiger partial charge in [0.05, 0.1) is 0 Å². The third-order valence-corrected chi connectivity index (χ3v) is 3.09. The van der Waals surface area contributed by atoms with Crippen LogP contribution in [0.25, 0.3) is 0 Å². The molecule has 1 rings (SSSR count). The lowest BCUT2D eigenvalue weighted by Crippen LogP contribution is -2.28. The maximum atomic E-state index is 3.52. The fourth-order valence-electron chi connectivity index (χ4n) is 2.34. The lowest BCUT2D eigenvalue weighted by Gasteiger charge is -2.18. The van der Waals surface area contributed by atoms with E-state index in [1.54, 1.807) is 0 Å². The molecule has 0 aromatic rings. The van der Waals surface area contributed by atoms with Crippen LogP contribution in [0.4, 0.5) is 0 Å². The van der Waals surface area contributed by atoms with Crippen molar-refractivity contribution in [2.45, 2.75) is 58.9 Å². The summed E-state index contributed by atoms with van der Waals surface area (Å²) in [5, 5.41) is 3.52. The van der Waals surface area contributed by atoms with Crippen LogP contribution in [0.5, 0.6) is 0 Å². The standard InChI is InChI=1S/C12H25N/c1-10(2)13-9-11(3)8-12-6-4-5-7-12/h10-13H,4-9H2,1-3H3. The first-order chi connectivity index (χ1) is 6.18. The maximum absolute atomic E-state index is 3.52. The minimum absolute atomic E-state index is 0.644. The fourth-order valence-corrected chi connectivity index (χ4v) is 2.34. The number of hydrogen-bond acceptors (Lipinski definition) is 1. The highest BCUT2D eigenvalue weighted by molar-refractivity contribution is 4.71. The summed E-state index contributed by atoms with van der Waals surface area (Å²) in [6.45, 7) is 8.03. The summed E-state index contributed by atoms with van der Waals surface area (Å²) in [6, 6.07) is 0.644. The molecule has 0 aromatic carbocycles. The van der Waals surface area contributed by atoms with Gasteiger partial charge in [0.25, 0.3) is 0 Å². The number of nitrogens with one attached hydrogen (secondary N) is 1. The summed E-state index contributed by atoms with van der Waals surface area (Å²) in [6.07, 6.45) is 7.39. The smallest absolute Gasteiger partial charge is 0.00104 e. The predicted octanol–water partition coefficient (Wildman–Crippen LogP) is 3.20. The second-order valence-corrected chi connectivity index (χ2v) is 5.05. The lowest BCUT2D eigenvalue weighted by molar-refractivity contribution is 0.371. The first-order valence-electron chi connectivity index (χ1n) is 5.92. The monoisotopic (exact) mass is 183 g/mol. The van der Waals surface area contributed by atoms with Crippen molar-refractivity contribution in [3.8, 4) is 0 Å². The van der Waals surface area contributed by atoms with Gasteiger partial charge in [-0.3, -0.25) is 0 Å². The Morgan fingerprint density at radius 3 is 2.31 bits per heavy atom. The van der Waals surface area contributed by atoms with Gasteiger partial charge in [-0.15, -0.1) is 0 Å². The van der Waals surface area contributed by atoms with Crippen molar-refractivity contribution in [3.05, 3.63) is 0 Å². The zero-order valence-electron chi connectivity index (χ0n) is 9.47. The SMILES string of the molecule is CC(CNC(C)C)CC1CCCC1. The molecule has 1 fully saturated rings. The molecule has 0 amide bonds. The van der Waals surface area contributed by atoms with E-state index in [0.29, 0.717) is 6.04 Å². The van der Waals surface area contributed by atoms with E-state index < -0.39 is 0 Å². The Bertz CT molecular complexity index is 125. The molecule has 1 atom stereocenters. The Morgan fingerprint density at radius 2 is 1.77 bits per heavy atom. The van der Waals surface area contributed by atoms with Crippen molar-refractivity contribution in [1.29, 1.82) is 0 Å².